The van der Waals surface area contributed by atoms with Crippen LogP contribution in [0.1, 0.15) is 37.7 Å². The molecule has 0 amide bonds. The van der Waals surface area contributed by atoms with Crippen molar-refractivity contribution in [3.05, 3.63) is 84.6 Å². The van der Waals surface area contributed by atoms with Gasteiger partial charge in [0, 0.05) is 24.5 Å². The highest BCUT2D eigenvalue weighted by Gasteiger charge is 2.34. The minimum Gasteiger partial charge on any atom is -0.439 e. The zero-order valence-corrected chi connectivity index (χ0v) is 21.3. The molecule has 0 spiro atoms. The van der Waals surface area contributed by atoms with E-state index >= 15 is 0 Å². The lowest BCUT2D eigenvalue weighted by Crippen LogP contribution is -2.43. The molecule has 0 radical (unpaired) electrons. The maximum Gasteiger partial charge on any atom is 0.455 e. The van der Waals surface area contributed by atoms with Gasteiger partial charge in [-0.3, -0.25) is 4.79 Å². The van der Waals surface area contributed by atoms with Crippen LogP contribution in [0.4, 0.5) is 0 Å². The van der Waals surface area contributed by atoms with E-state index in [4.69, 9.17) is 4.74 Å². The maximum absolute atomic E-state index is 13.3. The number of Topliss-reactive ketones (excluding diaryl/α,β-unsaturated/α-hetero) is 1. The van der Waals surface area contributed by atoms with Gasteiger partial charge in [-0.25, -0.2) is 18.1 Å². The molecule has 10 heteroatoms. The van der Waals surface area contributed by atoms with E-state index < -0.39 is 29.0 Å². The Morgan fingerprint density at radius 3 is 2.32 bits per heavy atom. The summed E-state index contributed by atoms with van der Waals surface area (Å²) >= 11 is 0. The van der Waals surface area contributed by atoms with Crippen LogP contribution in [-0.2, 0) is 21.2 Å². The molecular weight excluding hydrogens is 491 g/mol. The molecule has 3 N–H and O–H groups in total. The molecule has 1 aromatic heterocycles. The van der Waals surface area contributed by atoms with E-state index in [1.54, 1.807) is 24.4 Å². The molecule has 8 nitrogen and oxygen atoms in total. The summed E-state index contributed by atoms with van der Waals surface area (Å²) in [6.07, 6.45) is 5.28. The minimum absolute atomic E-state index is 0.0139. The number of hydrogen-bond donors (Lipinski definition) is 3. The van der Waals surface area contributed by atoms with Crippen molar-refractivity contribution in [1.29, 1.82) is 0 Å². The summed E-state index contributed by atoms with van der Waals surface area (Å²) in [5.41, 5.74) is 0.794. The number of nitrogens with one attached hydrogen (secondary N) is 1. The smallest absolute Gasteiger partial charge is 0.439 e. The molecule has 1 fully saturated rings. The quantitative estimate of drug-likeness (QED) is 0.292. The molecule has 0 unspecified atom stereocenters. The van der Waals surface area contributed by atoms with E-state index in [1.807, 2.05) is 30.3 Å². The van der Waals surface area contributed by atoms with Crippen LogP contribution in [0, 0.1) is 5.92 Å². The normalized spacial score (nSPS) is 15.4. The second-order valence-corrected chi connectivity index (χ2v) is 11.2. The van der Waals surface area contributed by atoms with E-state index in [2.05, 4.69) is 9.71 Å². The van der Waals surface area contributed by atoms with Crippen LogP contribution >= 0.6 is 0 Å². The number of pyridine rings is 1. The predicted molar refractivity (Wildman–Crippen MR) is 141 cm³/mol. The summed E-state index contributed by atoms with van der Waals surface area (Å²) in [6.45, 7) is 0. The molecule has 2 aromatic carbocycles. The average molecular weight is 522 g/mol. The van der Waals surface area contributed by atoms with Crippen molar-refractivity contribution in [1.82, 2.24) is 9.71 Å². The molecule has 1 heterocycles. The van der Waals surface area contributed by atoms with E-state index in [1.165, 1.54) is 24.3 Å². The summed E-state index contributed by atoms with van der Waals surface area (Å²) in [5, 5.41) is 19.8. The van der Waals surface area contributed by atoms with Crippen molar-refractivity contribution in [3.63, 3.8) is 0 Å². The van der Waals surface area contributed by atoms with Gasteiger partial charge in [-0.15, -0.1) is 0 Å². The number of hydrogen-bond acceptors (Lipinski definition) is 7. The van der Waals surface area contributed by atoms with Crippen LogP contribution < -0.4 is 9.46 Å². The van der Waals surface area contributed by atoms with Crippen molar-refractivity contribution >= 4 is 22.9 Å². The highest BCUT2D eigenvalue weighted by Crippen LogP contribution is 2.36. The zero-order valence-electron chi connectivity index (χ0n) is 20.4. The first kappa shape index (κ1) is 27.0. The number of aromatic nitrogens is 1. The molecule has 1 aliphatic rings. The Hall–Kier alpha value is -3.05. The van der Waals surface area contributed by atoms with Gasteiger partial charge in [-0.2, -0.15) is 0 Å². The number of sulfonamides is 1. The topological polar surface area (TPSA) is 126 Å². The molecular formula is C27H31BN2O6S. The second kappa shape index (κ2) is 12.5. The predicted octanol–water partition coefficient (Wildman–Crippen LogP) is 3.76. The summed E-state index contributed by atoms with van der Waals surface area (Å²) in [4.78, 5) is 17.4. The Morgan fingerprint density at radius 2 is 1.73 bits per heavy atom. The lowest BCUT2D eigenvalue weighted by Gasteiger charge is -2.30. The Kier molecular flexibility index (Phi) is 9.10. The number of ketones is 1. The van der Waals surface area contributed by atoms with Gasteiger partial charge in [0.2, 0.25) is 15.9 Å². The molecule has 37 heavy (non-hydrogen) atoms. The van der Waals surface area contributed by atoms with Crippen LogP contribution in [0.5, 0.6) is 11.6 Å². The van der Waals surface area contributed by atoms with Gasteiger partial charge >= 0.3 is 7.12 Å². The molecule has 0 bridgehead atoms. The van der Waals surface area contributed by atoms with E-state index in [0.717, 1.165) is 24.8 Å². The summed E-state index contributed by atoms with van der Waals surface area (Å²) in [5.74, 6) is 0.164. The summed E-state index contributed by atoms with van der Waals surface area (Å²) in [6, 6.07) is 19.2. The third-order valence-corrected chi connectivity index (χ3v) is 8.20. The number of carbonyl (C=O) groups excluding carboxylic acids is 1. The molecule has 1 aliphatic carbocycles. The highest BCUT2D eigenvalue weighted by atomic mass is 32.2. The summed E-state index contributed by atoms with van der Waals surface area (Å²) < 4.78 is 34.7. The van der Waals surface area contributed by atoms with Gasteiger partial charge in [0.05, 0.1) is 10.9 Å². The maximum atomic E-state index is 13.3. The third-order valence-electron chi connectivity index (χ3n) is 6.71. The number of rotatable bonds is 13. The highest BCUT2D eigenvalue weighted by molar-refractivity contribution is 7.89. The van der Waals surface area contributed by atoms with Gasteiger partial charge in [-0.1, -0.05) is 55.7 Å². The number of nitrogens with zero attached hydrogens (tertiary/aromatic N) is 1. The molecule has 1 saturated carbocycles. The van der Waals surface area contributed by atoms with Crippen LogP contribution in [0.25, 0.3) is 0 Å². The second-order valence-electron chi connectivity index (χ2n) is 9.48. The molecule has 3 aromatic rings. The molecule has 194 valence electrons. The van der Waals surface area contributed by atoms with Crippen molar-refractivity contribution in [2.75, 3.05) is 0 Å². The zero-order chi connectivity index (χ0) is 26.3. The van der Waals surface area contributed by atoms with Gasteiger partial charge in [-0.05, 0) is 54.7 Å². The molecule has 0 saturated heterocycles. The SMILES string of the molecule is O=C(C[C@@H](CC1CCC1)B(O)O)[C@H](Cc1ccccc1)NS(=O)(=O)c1ccc(Oc2ccccn2)cc1. The Labute approximate surface area is 217 Å². The van der Waals surface area contributed by atoms with Gasteiger partial charge in [0.15, 0.2) is 5.78 Å². The average Bonchev–Trinajstić information content (AvgIpc) is 2.86. The molecule has 2 atom stereocenters. The molecule has 0 aliphatic heterocycles. The van der Waals surface area contributed by atoms with Crippen LogP contribution in [0.2, 0.25) is 5.82 Å². The summed E-state index contributed by atoms with van der Waals surface area (Å²) in [7, 11) is -5.69. The van der Waals surface area contributed by atoms with E-state index in [0.29, 0.717) is 24.0 Å². The molecule has 4 rings (SSSR count). The first-order valence-corrected chi connectivity index (χ1v) is 13.9. The lowest BCUT2D eigenvalue weighted by molar-refractivity contribution is -0.120. The monoisotopic (exact) mass is 522 g/mol. The third kappa shape index (κ3) is 7.72. The van der Waals surface area contributed by atoms with Crippen molar-refractivity contribution in [2.24, 2.45) is 5.92 Å². The van der Waals surface area contributed by atoms with Crippen molar-refractivity contribution in [3.8, 4) is 11.6 Å². The Morgan fingerprint density at radius 1 is 1.03 bits per heavy atom. The minimum atomic E-state index is -4.05. The van der Waals surface area contributed by atoms with Crippen LogP contribution in [-0.4, -0.2) is 42.4 Å². The number of ether oxygens (including phenoxy) is 1. The fraction of sp³-hybridized carbons (Fsp3) is 0.333. The van der Waals surface area contributed by atoms with Crippen LogP contribution in [0.15, 0.2) is 83.9 Å². The standard InChI is InChI=1S/C27H31BN2O6S/c31-26(19-22(28(32)33)17-20-9-6-10-20)25(18-21-7-2-1-3-8-21)30-37(34,35)24-14-12-23(13-15-24)36-27-11-4-5-16-29-27/h1-5,7-8,11-16,20,22,25,30,32-33H,6,9-10,17-19H2/t22-,25+/m1/s1. The fourth-order valence-corrected chi connectivity index (χ4v) is 5.63. The van der Waals surface area contributed by atoms with Crippen LogP contribution in [0.3, 0.4) is 0 Å². The largest absolute Gasteiger partial charge is 0.455 e. The number of carbonyl (C=O) groups is 1. The van der Waals surface area contributed by atoms with Crippen molar-refractivity contribution in [2.45, 2.75) is 55.3 Å². The van der Waals surface area contributed by atoms with E-state index in [-0.39, 0.29) is 23.5 Å². The van der Waals surface area contributed by atoms with Gasteiger partial charge in [0.25, 0.3) is 0 Å². The fourth-order valence-electron chi connectivity index (χ4n) is 4.41. The first-order chi connectivity index (χ1) is 17.8. The lowest BCUT2D eigenvalue weighted by atomic mass is 9.63. The van der Waals surface area contributed by atoms with Crippen molar-refractivity contribution < 1.29 is 28.0 Å². The van der Waals surface area contributed by atoms with Gasteiger partial charge < -0.3 is 14.8 Å². The first-order valence-electron chi connectivity index (χ1n) is 12.4. The Balaban J connectivity index is 1.49. The number of benzene rings is 2. The Bertz CT molecular complexity index is 1250. The van der Waals surface area contributed by atoms with E-state index in [9.17, 15) is 23.3 Å². The van der Waals surface area contributed by atoms with Gasteiger partial charge in [0.1, 0.15) is 5.75 Å².